The second-order valence-electron chi connectivity index (χ2n) is 4.29. The fraction of sp³-hybridized carbons (Fsp3) is 0.357. The van der Waals surface area contributed by atoms with E-state index in [2.05, 4.69) is 10.4 Å². The van der Waals surface area contributed by atoms with Gasteiger partial charge in [-0.3, -0.25) is 4.68 Å². The summed E-state index contributed by atoms with van der Waals surface area (Å²) in [5.74, 6) is 0.733. The molecule has 0 amide bonds. The Morgan fingerprint density at radius 1 is 1.42 bits per heavy atom. The van der Waals surface area contributed by atoms with E-state index in [1.54, 1.807) is 4.68 Å². The predicted molar refractivity (Wildman–Crippen MR) is 74.1 cm³/mol. The number of nitrogens with zero attached hydrogens (tertiary/aromatic N) is 2. The normalized spacial score (nSPS) is 10.5. The van der Waals surface area contributed by atoms with Crippen LogP contribution in [0.2, 0.25) is 0 Å². The van der Waals surface area contributed by atoms with Crippen LogP contribution < -0.4 is 10.1 Å². The first-order valence-electron chi connectivity index (χ1n) is 6.31. The van der Waals surface area contributed by atoms with Gasteiger partial charge in [0.15, 0.2) is 0 Å². The molecule has 2 aromatic rings. The standard InChI is InChI=1S/C14H19N3O2/c1-3-19-14-5-4-13(6-12(14)10-18)15-7-11-8-16-17(2)9-11/h4-6,8-9,15,18H,3,7,10H2,1-2H3. The average molecular weight is 261 g/mol. The van der Waals surface area contributed by atoms with Crippen molar-refractivity contribution in [1.82, 2.24) is 9.78 Å². The van der Waals surface area contributed by atoms with E-state index in [0.717, 1.165) is 22.6 Å². The summed E-state index contributed by atoms with van der Waals surface area (Å²) in [5.41, 5.74) is 2.86. The van der Waals surface area contributed by atoms with Crippen molar-refractivity contribution in [2.45, 2.75) is 20.1 Å². The summed E-state index contributed by atoms with van der Waals surface area (Å²) < 4.78 is 7.22. The van der Waals surface area contributed by atoms with Crippen molar-refractivity contribution in [3.8, 4) is 5.75 Å². The first-order chi connectivity index (χ1) is 9.22. The van der Waals surface area contributed by atoms with Crippen molar-refractivity contribution in [1.29, 1.82) is 0 Å². The molecule has 0 bridgehead atoms. The summed E-state index contributed by atoms with van der Waals surface area (Å²) in [5, 5.41) is 16.8. The van der Waals surface area contributed by atoms with E-state index in [-0.39, 0.29) is 6.61 Å². The van der Waals surface area contributed by atoms with Crippen LogP contribution in [0.1, 0.15) is 18.1 Å². The predicted octanol–water partition coefficient (Wildman–Crippen LogP) is 1.92. The van der Waals surface area contributed by atoms with Gasteiger partial charge in [0.2, 0.25) is 0 Å². The Hall–Kier alpha value is -2.01. The molecule has 19 heavy (non-hydrogen) atoms. The van der Waals surface area contributed by atoms with Gasteiger partial charge in [-0.25, -0.2) is 0 Å². The Bertz CT molecular complexity index is 537. The molecule has 5 heteroatoms. The average Bonchev–Trinajstić information content (AvgIpc) is 2.83. The second-order valence-corrected chi connectivity index (χ2v) is 4.29. The van der Waals surface area contributed by atoms with Crippen molar-refractivity contribution < 1.29 is 9.84 Å². The lowest BCUT2D eigenvalue weighted by Gasteiger charge is -2.11. The zero-order valence-electron chi connectivity index (χ0n) is 11.3. The van der Waals surface area contributed by atoms with Crippen molar-refractivity contribution in [3.63, 3.8) is 0 Å². The van der Waals surface area contributed by atoms with Crippen LogP contribution in [0.5, 0.6) is 5.75 Å². The number of ether oxygens (including phenoxy) is 1. The molecule has 102 valence electrons. The van der Waals surface area contributed by atoms with E-state index in [4.69, 9.17) is 4.74 Å². The minimum absolute atomic E-state index is 0.0300. The zero-order valence-corrected chi connectivity index (χ0v) is 11.3. The van der Waals surface area contributed by atoms with Gasteiger partial charge in [-0.2, -0.15) is 5.10 Å². The minimum atomic E-state index is -0.0300. The van der Waals surface area contributed by atoms with Crippen molar-refractivity contribution in [2.24, 2.45) is 7.05 Å². The maximum Gasteiger partial charge on any atom is 0.124 e. The highest BCUT2D eigenvalue weighted by Gasteiger charge is 2.04. The second kappa shape index (κ2) is 6.24. The number of aliphatic hydroxyl groups excluding tert-OH is 1. The molecule has 0 fully saturated rings. The molecule has 0 radical (unpaired) electrons. The molecule has 0 spiro atoms. The number of aliphatic hydroxyl groups is 1. The molecule has 0 aliphatic carbocycles. The molecule has 2 N–H and O–H groups in total. The number of hydrogen-bond acceptors (Lipinski definition) is 4. The number of benzene rings is 1. The SMILES string of the molecule is CCOc1ccc(NCc2cnn(C)c2)cc1CO. The molecule has 0 unspecified atom stereocenters. The van der Waals surface area contributed by atoms with Crippen molar-refractivity contribution in [2.75, 3.05) is 11.9 Å². The van der Waals surface area contributed by atoms with Gasteiger partial charge in [0.25, 0.3) is 0 Å². The van der Waals surface area contributed by atoms with Gasteiger partial charge in [-0.15, -0.1) is 0 Å². The summed E-state index contributed by atoms with van der Waals surface area (Å²) in [7, 11) is 1.89. The third-order valence-corrected chi connectivity index (χ3v) is 2.79. The largest absolute Gasteiger partial charge is 0.494 e. The molecule has 1 aromatic heterocycles. The van der Waals surface area contributed by atoms with Crippen molar-refractivity contribution in [3.05, 3.63) is 41.7 Å². The fourth-order valence-corrected chi connectivity index (χ4v) is 1.88. The minimum Gasteiger partial charge on any atom is -0.494 e. The Labute approximate surface area is 112 Å². The van der Waals surface area contributed by atoms with Crippen LogP contribution in [-0.2, 0) is 20.2 Å². The first kappa shape index (κ1) is 13.4. The highest BCUT2D eigenvalue weighted by atomic mass is 16.5. The van der Waals surface area contributed by atoms with E-state index in [1.807, 2.05) is 44.6 Å². The summed E-state index contributed by atoms with van der Waals surface area (Å²) in [6.45, 7) is 3.19. The number of aryl methyl sites for hydroxylation is 1. The molecule has 0 aliphatic heterocycles. The van der Waals surface area contributed by atoms with Crippen LogP contribution in [0.4, 0.5) is 5.69 Å². The Morgan fingerprint density at radius 2 is 2.26 bits per heavy atom. The van der Waals surface area contributed by atoms with Gasteiger partial charge in [0.1, 0.15) is 5.75 Å². The maximum atomic E-state index is 9.34. The van der Waals surface area contributed by atoms with E-state index in [9.17, 15) is 5.11 Å². The highest BCUT2D eigenvalue weighted by Crippen LogP contribution is 2.23. The van der Waals surface area contributed by atoms with Crippen LogP contribution in [-0.4, -0.2) is 21.5 Å². The van der Waals surface area contributed by atoms with Gasteiger partial charge in [0.05, 0.1) is 19.4 Å². The quantitative estimate of drug-likeness (QED) is 0.834. The lowest BCUT2D eigenvalue weighted by atomic mass is 10.2. The number of rotatable bonds is 6. The van der Waals surface area contributed by atoms with E-state index >= 15 is 0 Å². The van der Waals surface area contributed by atoms with Crippen LogP contribution in [0.3, 0.4) is 0 Å². The topological polar surface area (TPSA) is 59.3 Å². The Morgan fingerprint density at radius 3 is 2.89 bits per heavy atom. The van der Waals surface area contributed by atoms with E-state index < -0.39 is 0 Å². The molecule has 0 atom stereocenters. The molecule has 2 rings (SSSR count). The van der Waals surface area contributed by atoms with Gasteiger partial charge in [-0.1, -0.05) is 0 Å². The third-order valence-electron chi connectivity index (χ3n) is 2.79. The van der Waals surface area contributed by atoms with Crippen LogP contribution >= 0.6 is 0 Å². The third kappa shape index (κ3) is 3.48. The molecule has 0 aliphatic rings. The summed E-state index contributed by atoms with van der Waals surface area (Å²) in [6, 6.07) is 5.72. The van der Waals surface area contributed by atoms with Gasteiger partial charge < -0.3 is 15.2 Å². The molecular formula is C14H19N3O2. The highest BCUT2D eigenvalue weighted by molar-refractivity contribution is 5.51. The number of anilines is 1. The van der Waals surface area contributed by atoms with Crippen LogP contribution in [0.25, 0.3) is 0 Å². The van der Waals surface area contributed by atoms with E-state index in [0.29, 0.717) is 13.2 Å². The summed E-state index contributed by atoms with van der Waals surface area (Å²) in [6.07, 6.45) is 3.79. The molecule has 1 aromatic carbocycles. The lowest BCUT2D eigenvalue weighted by Crippen LogP contribution is -2.01. The van der Waals surface area contributed by atoms with Gasteiger partial charge >= 0.3 is 0 Å². The smallest absolute Gasteiger partial charge is 0.124 e. The van der Waals surface area contributed by atoms with Gasteiger partial charge in [-0.05, 0) is 25.1 Å². The zero-order chi connectivity index (χ0) is 13.7. The van der Waals surface area contributed by atoms with E-state index in [1.165, 1.54) is 0 Å². The molecule has 5 nitrogen and oxygen atoms in total. The van der Waals surface area contributed by atoms with Crippen LogP contribution in [0.15, 0.2) is 30.6 Å². The number of aromatic nitrogens is 2. The maximum absolute atomic E-state index is 9.34. The molecular weight excluding hydrogens is 242 g/mol. The Kier molecular flexibility index (Phi) is 4.41. The van der Waals surface area contributed by atoms with Gasteiger partial charge in [0, 0.05) is 36.6 Å². The molecule has 0 saturated heterocycles. The monoisotopic (exact) mass is 261 g/mol. The van der Waals surface area contributed by atoms with Crippen LogP contribution in [0, 0.1) is 0 Å². The fourth-order valence-electron chi connectivity index (χ4n) is 1.88. The number of hydrogen-bond donors (Lipinski definition) is 2. The summed E-state index contributed by atoms with van der Waals surface area (Å²) >= 11 is 0. The summed E-state index contributed by atoms with van der Waals surface area (Å²) in [4.78, 5) is 0. The Balaban J connectivity index is 2.04. The van der Waals surface area contributed by atoms with Crippen molar-refractivity contribution >= 4 is 5.69 Å². The lowest BCUT2D eigenvalue weighted by molar-refractivity contribution is 0.267. The number of nitrogens with one attached hydrogen (secondary N) is 1. The molecule has 1 heterocycles. The molecule has 0 saturated carbocycles. The first-order valence-corrected chi connectivity index (χ1v) is 6.31.